The van der Waals surface area contributed by atoms with Crippen molar-refractivity contribution < 1.29 is 5.11 Å². The number of hydrogen-bond donors (Lipinski definition) is 3. The molecular formula is C4H13Cl2N3O. The number of aliphatic hydroxyl groups excluding tert-OH is 1. The van der Waals surface area contributed by atoms with Crippen molar-refractivity contribution >= 4 is 30.8 Å². The molecule has 10 heavy (non-hydrogen) atoms. The van der Waals surface area contributed by atoms with E-state index in [1.165, 1.54) is 4.90 Å². The maximum Gasteiger partial charge on any atom is 0.188 e. The topological polar surface area (TPSA) is 73.3 Å². The van der Waals surface area contributed by atoms with Crippen molar-refractivity contribution in [3.05, 3.63) is 0 Å². The van der Waals surface area contributed by atoms with Crippen LogP contribution in [0.5, 0.6) is 0 Å². The Bertz CT molecular complexity index is 90.6. The van der Waals surface area contributed by atoms with Crippen LogP contribution in [0.2, 0.25) is 0 Å². The third-order valence-electron chi connectivity index (χ3n) is 0.847. The van der Waals surface area contributed by atoms with Gasteiger partial charge in [0.15, 0.2) is 5.96 Å². The average Bonchev–Trinajstić information content (AvgIpc) is 1.67. The van der Waals surface area contributed by atoms with Crippen LogP contribution >= 0.6 is 24.8 Å². The Balaban J connectivity index is -0.000000245. The number of halogens is 2. The molecule has 0 atom stereocenters. The lowest BCUT2D eigenvalue weighted by atomic mass is 10.6. The van der Waals surface area contributed by atoms with Crippen LogP contribution in [0.15, 0.2) is 0 Å². The Labute approximate surface area is 72.7 Å². The lowest BCUT2D eigenvalue weighted by Crippen LogP contribution is -2.34. The largest absolute Gasteiger partial charge is 0.395 e. The first-order valence-corrected chi connectivity index (χ1v) is 2.34. The number of nitrogens with two attached hydrogens (primary N) is 1. The van der Waals surface area contributed by atoms with Gasteiger partial charge in [-0.05, 0) is 0 Å². The summed E-state index contributed by atoms with van der Waals surface area (Å²) in [4.78, 5) is 1.46. The van der Waals surface area contributed by atoms with Crippen LogP contribution in [0.3, 0.4) is 0 Å². The second-order valence-electron chi connectivity index (χ2n) is 1.53. The quantitative estimate of drug-likeness (QED) is 0.411. The van der Waals surface area contributed by atoms with E-state index in [0.29, 0.717) is 6.54 Å². The van der Waals surface area contributed by atoms with Gasteiger partial charge in [0.25, 0.3) is 0 Å². The van der Waals surface area contributed by atoms with Gasteiger partial charge in [-0.3, -0.25) is 5.41 Å². The van der Waals surface area contributed by atoms with Crippen molar-refractivity contribution in [1.82, 2.24) is 4.90 Å². The van der Waals surface area contributed by atoms with Crippen LogP contribution in [0.1, 0.15) is 0 Å². The number of nitrogens with zero attached hydrogens (tertiary/aromatic N) is 1. The zero-order valence-corrected chi connectivity index (χ0v) is 7.34. The Morgan fingerprint density at radius 3 is 2.10 bits per heavy atom. The fourth-order valence-corrected chi connectivity index (χ4v) is 0.270. The second kappa shape index (κ2) is 8.81. The molecule has 0 aromatic heterocycles. The molecule has 0 aromatic carbocycles. The minimum absolute atomic E-state index is 0. The summed E-state index contributed by atoms with van der Waals surface area (Å²) < 4.78 is 0. The van der Waals surface area contributed by atoms with E-state index in [9.17, 15) is 0 Å². The van der Waals surface area contributed by atoms with E-state index >= 15 is 0 Å². The van der Waals surface area contributed by atoms with Gasteiger partial charge in [0.2, 0.25) is 0 Å². The molecule has 0 saturated carbocycles. The molecule has 0 spiro atoms. The Morgan fingerprint density at radius 2 is 2.00 bits per heavy atom. The second-order valence-corrected chi connectivity index (χ2v) is 1.53. The highest BCUT2D eigenvalue weighted by molar-refractivity contribution is 5.85. The molecule has 0 fully saturated rings. The molecule has 4 nitrogen and oxygen atoms in total. The number of aliphatic hydroxyl groups is 1. The first kappa shape index (κ1) is 16.4. The minimum Gasteiger partial charge on any atom is -0.395 e. The van der Waals surface area contributed by atoms with Gasteiger partial charge >= 0.3 is 0 Å². The molecule has 0 bridgehead atoms. The normalized spacial score (nSPS) is 7.00. The number of hydrogen-bond acceptors (Lipinski definition) is 2. The molecule has 0 aliphatic carbocycles. The molecule has 0 rings (SSSR count). The van der Waals surface area contributed by atoms with E-state index in [1.54, 1.807) is 7.05 Å². The molecule has 0 aliphatic rings. The first-order chi connectivity index (χ1) is 3.68. The van der Waals surface area contributed by atoms with E-state index in [4.69, 9.17) is 16.2 Å². The molecule has 6 heteroatoms. The summed E-state index contributed by atoms with van der Waals surface area (Å²) in [7, 11) is 1.65. The molecular weight excluding hydrogens is 177 g/mol. The predicted octanol–water partition coefficient (Wildman–Crippen LogP) is -0.352. The standard InChI is InChI=1S/C4H11N3O.2ClH/c1-7(2-3-8)4(5)6;;/h8H,2-3H2,1H3,(H3,5,6);2*1H. The summed E-state index contributed by atoms with van der Waals surface area (Å²) in [5.74, 6) is -0.0148. The lowest BCUT2D eigenvalue weighted by molar-refractivity contribution is 0.262. The zero-order valence-electron chi connectivity index (χ0n) is 5.70. The van der Waals surface area contributed by atoms with Crippen molar-refractivity contribution in [3.63, 3.8) is 0 Å². The van der Waals surface area contributed by atoms with Gasteiger partial charge in [0, 0.05) is 13.6 Å². The first-order valence-electron chi connectivity index (χ1n) is 2.34. The summed E-state index contributed by atoms with van der Waals surface area (Å²) >= 11 is 0. The molecule has 0 amide bonds. The lowest BCUT2D eigenvalue weighted by Gasteiger charge is -2.13. The highest BCUT2D eigenvalue weighted by atomic mass is 35.5. The molecule has 0 unspecified atom stereocenters. The van der Waals surface area contributed by atoms with Gasteiger partial charge in [0.1, 0.15) is 0 Å². The van der Waals surface area contributed by atoms with Gasteiger partial charge in [-0.15, -0.1) is 24.8 Å². The van der Waals surface area contributed by atoms with Crippen molar-refractivity contribution in [2.24, 2.45) is 5.73 Å². The van der Waals surface area contributed by atoms with E-state index < -0.39 is 0 Å². The summed E-state index contributed by atoms with van der Waals surface area (Å²) in [6.45, 7) is 0.464. The fraction of sp³-hybridized carbons (Fsp3) is 0.750. The van der Waals surface area contributed by atoms with Crippen LogP contribution < -0.4 is 5.73 Å². The van der Waals surface area contributed by atoms with Crippen molar-refractivity contribution in [2.45, 2.75) is 0 Å². The number of nitrogens with one attached hydrogen (secondary N) is 1. The van der Waals surface area contributed by atoms with Crippen molar-refractivity contribution in [3.8, 4) is 0 Å². The van der Waals surface area contributed by atoms with Gasteiger partial charge in [-0.2, -0.15) is 0 Å². The molecule has 0 heterocycles. The highest BCUT2D eigenvalue weighted by Crippen LogP contribution is 1.74. The molecule has 0 radical (unpaired) electrons. The third kappa shape index (κ3) is 7.81. The number of likely N-dealkylation sites (N-methyl/N-ethyl adjacent to an activating group) is 1. The summed E-state index contributed by atoms with van der Waals surface area (Å²) in [5.41, 5.74) is 5.02. The van der Waals surface area contributed by atoms with Crippen molar-refractivity contribution in [2.75, 3.05) is 20.2 Å². The SMILES string of the molecule is CN(CCO)C(=N)N.Cl.Cl. The molecule has 4 N–H and O–H groups in total. The van der Waals surface area contributed by atoms with E-state index in [2.05, 4.69) is 0 Å². The molecule has 64 valence electrons. The van der Waals surface area contributed by atoms with Crippen molar-refractivity contribution in [1.29, 1.82) is 5.41 Å². The predicted molar refractivity (Wildman–Crippen MR) is 46.1 cm³/mol. The van der Waals surface area contributed by atoms with Crippen LogP contribution in [-0.2, 0) is 0 Å². The zero-order chi connectivity index (χ0) is 6.57. The van der Waals surface area contributed by atoms with Crippen LogP contribution in [-0.4, -0.2) is 36.2 Å². The van der Waals surface area contributed by atoms with E-state index in [-0.39, 0.29) is 37.4 Å². The minimum atomic E-state index is -0.0148. The monoisotopic (exact) mass is 189 g/mol. The fourth-order valence-electron chi connectivity index (χ4n) is 0.270. The summed E-state index contributed by atoms with van der Waals surface area (Å²) in [6, 6.07) is 0. The highest BCUT2D eigenvalue weighted by Gasteiger charge is 1.94. The average molecular weight is 190 g/mol. The van der Waals surface area contributed by atoms with Crippen LogP contribution in [0, 0.1) is 5.41 Å². The number of guanidine groups is 1. The van der Waals surface area contributed by atoms with E-state index in [0.717, 1.165) is 0 Å². The van der Waals surface area contributed by atoms with Gasteiger partial charge in [0.05, 0.1) is 6.61 Å². The summed E-state index contributed by atoms with van der Waals surface area (Å²) in [5, 5.41) is 15.1. The Hall–Kier alpha value is -0.190. The van der Waals surface area contributed by atoms with Gasteiger partial charge in [-0.25, -0.2) is 0 Å². The summed E-state index contributed by atoms with van der Waals surface area (Å²) in [6.07, 6.45) is 0. The van der Waals surface area contributed by atoms with Crippen LogP contribution in [0.4, 0.5) is 0 Å². The maximum atomic E-state index is 8.29. The molecule has 0 aliphatic heterocycles. The van der Waals surface area contributed by atoms with Gasteiger partial charge in [-0.1, -0.05) is 0 Å². The van der Waals surface area contributed by atoms with Crippen LogP contribution in [0.25, 0.3) is 0 Å². The van der Waals surface area contributed by atoms with Gasteiger partial charge < -0.3 is 15.7 Å². The maximum absolute atomic E-state index is 8.29. The Kier molecular flexibility index (Phi) is 14.5. The third-order valence-corrected chi connectivity index (χ3v) is 0.847. The van der Waals surface area contributed by atoms with E-state index in [1.807, 2.05) is 0 Å². The molecule has 0 saturated heterocycles. The smallest absolute Gasteiger partial charge is 0.188 e. The molecule has 0 aromatic rings. The number of rotatable bonds is 2. The Morgan fingerprint density at radius 1 is 1.60 bits per heavy atom.